The van der Waals surface area contributed by atoms with Gasteiger partial charge in [-0.25, -0.2) is 19.3 Å². The lowest BCUT2D eigenvalue weighted by molar-refractivity contribution is -0.135. The molecular formula is C33H33ClF2N8O5S. The highest BCUT2D eigenvalue weighted by Gasteiger charge is 2.54. The van der Waals surface area contributed by atoms with Gasteiger partial charge in [0.2, 0.25) is 5.96 Å². The summed E-state index contributed by atoms with van der Waals surface area (Å²) in [7, 11) is 0. The number of carbonyl (C=O) groups is 3. The number of rotatable bonds is 10. The SMILES string of the molecule is CC(C)(C)C[C@]1(c2ccc(-c3cnn(C(F)F)c3)cc2)N=C(NC(=O)O)N([C@H](COC(=O)NC2CC2)c2ccc(Cl)c(-c3nncs3)c2)C1=O. The molecule has 1 fully saturated rings. The molecule has 13 nitrogen and oxygen atoms in total. The van der Waals surface area contributed by atoms with Crippen molar-refractivity contribution in [2.24, 2.45) is 10.4 Å². The van der Waals surface area contributed by atoms with E-state index in [1.165, 1.54) is 28.6 Å². The first-order valence-corrected chi connectivity index (χ1v) is 16.9. The Bertz CT molecular complexity index is 1930. The van der Waals surface area contributed by atoms with Gasteiger partial charge >= 0.3 is 18.7 Å². The number of carboxylic acid groups (broad SMARTS) is 1. The molecule has 0 bridgehead atoms. The van der Waals surface area contributed by atoms with Crippen LogP contribution in [-0.4, -0.2) is 66.7 Å². The average molecular weight is 727 g/mol. The van der Waals surface area contributed by atoms with Crippen LogP contribution in [0.1, 0.15) is 63.8 Å². The third-order valence-corrected chi connectivity index (χ3v) is 9.20. The van der Waals surface area contributed by atoms with Crippen molar-refractivity contribution in [3.63, 3.8) is 0 Å². The minimum absolute atomic E-state index is 0.00632. The number of benzene rings is 2. The van der Waals surface area contributed by atoms with Gasteiger partial charge in [-0.05, 0) is 53.5 Å². The molecule has 262 valence electrons. The van der Waals surface area contributed by atoms with Crippen LogP contribution in [0.25, 0.3) is 21.7 Å². The first-order valence-electron chi connectivity index (χ1n) is 15.6. The Labute approximate surface area is 294 Å². The van der Waals surface area contributed by atoms with Crippen LogP contribution in [0.4, 0.5) is 18.4 Å². The van der Waals surface area contributed by atoms with Gasteiger partial charge in [0.25, 0.3) is 5.91 Å². The summed E-state index contributed by atoms with van der Waals surface area (Å²) < 4.78 is 32.6. The van der Waals surface area contributed by atoms with E-state index in [1.807, 2.05) is 20.8 Å². The molecule has 4 aromatic rings. The van der Waals surface area contributed by atoms with Crippen LogP contribution >= 0.6 is 22.9 Å². The molecule has 3 heterocycles. The van der Waals surface area contributed by atoms with E-state index in [9.17, 15) is 23.5 Å². The summed E-state index contributed by atoms with van der Waals surface area (Å²) in [5.41, 5.74) is 1.82. The first kappa shape index (κ1) is 34.9. The third-order valence-electron chi connectivity index (χ3n) is 8.15. The highest BCUT2D eigenvalue weighted by atomic mass is 35.5. The minimum atomic E-state index is -2.80. The predicted octanol–water partition coefficient (Wildman–Crippen LogP) is 6.84. The van der Waals surface area contributed by atoms with Crippen molar-refractivity contribution in [2.45, 2.75) is 64.2 Å². The van der Waals surface area contributed by atoms with Crippen LogP contribution in [0, 0.1) is 5.41 Å². The molecule has 2 aromatic carbocycles. The Hall–Kier alpha value is -4.96. The van der Waals surface area contributed by atoms with Crippen molar-refractivity contribution >= 4 is 47.0 Å². The second-order valence-corrected chi connectivity index (χ2v) is 14.5. The fraction of sp³-hybridized carbons (Fsp3) is 0.364. The maximum absolute atomic E-state index is 15.0. The van der Waals surface area contributed by atoms with Gasteiger partial charge < -0.3 is 15.2 Å². The summed E-state index contributed by atoms with van der Waals surface area (Å²) in [6.07, 6.45) is 2.19. The summed E-state index contributed by atoms with van der Waals surface area (Å²) in [5.74, 6) is -0.837. The number of guanidine groups is 1. The zero-order valence-corrected chi connectivity index (χ0v) is 28.7. The number of alkyl halides is 2. The third kappa shape index (κ3) is 7.45. The molecule has 2 aliphatic rings. The van der Waals surface area contributed by atoms with Crippen LogP contribution < -0.4 is 10.6 Å². The lowest BCUT2D eigenvalue weighted by atomic mass is 9.75. The highest BCUT2D eigenvalue weighted by Crippen LogP contribution is 2.46. The van der Waals surface area contributed by atoms with E-state index in [-0.39, 0.29) is 25.0 Å². The second kappa shape index (κ2) is 13.7. The van der Waals surface area contributed by atoms with Gasteiger partial charge in [0.05, 0.1) is 17.3 Å². The summed E-state index contributed by atoms with van der Waals surface area (Å²) >= 11 is 7.80. The molecule has 0 radical (unpaired) electrons. The number of aromatic nitrogens is 4. The van der Waals surface area contributed by atoms with Crippen LogP contribution in [0.15, 0.2) is 65.4 Å². The van der Waals surface area contributed by atoms with Gasteiger partial charge in [-0.1, -0.05) is 74.0 Å². The molecule has 17 heteroatoms. The van der Waals surface area contributed by atoms with Gasteiger partial charge in [-0.15, -0.1) is 10.2 Å². The number of nitrogens with one attached hydrogen (secondary N) is 2. The van der Waals surface area contributed by atoms with E-state index in [4.69, 9.17) is 21.3 Å². The van der Waals surface area contributed by atoms with Crippen LogP contribution in [0.3, 0.4) is 0 Å². The molecule has 3 amide bonds. The molecule has 2 aromatic heterocycles. The Kier molecular flexibility index (Phi) is 9.59. The Morgan fingerprint density at radius 1 is 1.16 bits per heavy atom. The van der Waals surface area contributed by atoms with Crippen molar-refractivity contribution in [3.8, 4) is 21.7 Å². The fourth-order valence-corrected chi connectivity index (χ4v) is 6.72. The lowest BCUT2D eigenvalue weighted by Gasteiger charge is -2.35. The highest BCUT2D eigenvalue weighted by molar-refractivity contribution is 7.12. The van der Waals surface area contributed by atoms with Crippen LogP contribution in [-0.2, 0) is 15.1 Å². The lowest BCUT2D eigenvalue weighted by Crippen LogP contribution is -2.49. The number of carbonyl (C=O) groups excluding carboxylic acids is 2. The van der Waals surface area contributed by atoms with Gasteiger partial charge in [0, 0.05) is 23.4 Å². The maximum atomic E-state index is 15.0. The smallest absolute Gasteiger partial charge is 0.411 e. The molecule has 1 aliphatic heterocycles. The molecule has 1 aliphatic carbocycles. The average Bonchev–Trinajstić information content (AvgIpc) is 3.40. The van der Waals surface area contributed by atoms with E-state index in [2.05, 4.69) is 25.9 Å². The molecule has 0 saturated heterocycles. The number of ether oxygens (including phenoxy) is 1. The Balaban J connectivity index is 1.45. The molecule has 3 N–H and O–H groups in total. The monoisotopic (exact) mass is 726 g/mol. The topological polar surface area (TPSA) is 164 Å². The maximum Gasteiger partial charge on any atom is 0.411 e. The van der Waals surface area contributed by atoms with Crippen molar-refractivity contribution in [3.05, 3.63) is 76.5 Å². The molecule has 0 spiro atoms. The molecule has 2 atom stereocenters. The number of amides is 3. The van der Waals surface area contributed by atoms with E-state index in [0.717, 1.165) is 12.8 Å². The van der Waals surface area contributed by atoms with Gasteiger partial charge in [0.1, 0.15) is 17.1 Å². The number of alkyl carbamates (subject to hydrolysis) is 1. The number of aliphatic imine (C=N–C) groups is 1. The second-order valence-electron chi connectivity index (χ2n) is 13.2. The summed E-state index contributed by atoms with van der Waals surface area (Å²) in [4.78, 5) is 46.0. The summed E-state index contributed by atoms with van der Waals surface area (Å²) in [6.45, 7) is 2.61. The zero-order valence-electron chi connectivity index (χ0n) is 27.1. The van der Waals surface area contributed by atoms with Gasteiger partial charge in [-0.2, -0.15) is 13.9 Å². The number of nitrogens with zero attached hydrogens (tertiary/aromatic N) is 6. The summed E-state index contributed by atoms with van der Waals surface area (Å²) in [5, 5.41) is 27.6. The van der Waals surface area contributed by atoms with Crippen molar-refractivity contribution in [2.75, 3.05) is 6.61 Å². The standard InChI is InChI=1S/C33H33ClF2N8O5S/c1-32(2,3)16-33(21-7-4-18(5-8-21)20-13-38-43(14-20)28(35)36)27(45)44(29(41-33)40-30(46)47)25(15-49-31(48)39-22-9-10-22)19-6-11-24(34)23(12-19)26-42-37-17-50-26/h4-8,11-14,17,22,25,28H,9-10,15-16H2,1-3H3,(H,39,48)(H,40,41)(H,46,47)/t25-,33-/m1/s1. The van der Waals surface area contributed by atoms with Crippen LogP contribution in [0.2, 0.25) is 5.02 Å². The molecule has 0 unspecified atom stereocenters. The predicted molar refractivity (Wildman–Crippen MR) is 181 cm³/mol. The Morgan fingerprint density at radius 2 is 1.90 bits per heavy atom. The van der Waals surface area contributed by atoms with Crippen LogP contribution in [0.5, 0.6) is 0 Å². The largest absolute Gasteiger partial charge is 0.465 e. The molecule has 50 heavy (non-hydrogen) atoms. The van der Waals surface area contributed by atoms with E-state index in [1.54, 1.807) is 48.0 Å². The van der Waals surface area contributed by atoms with Crippen molar-refractivity contribution in [1.82, 2.24) is 35.5 Å². The molecule has 1 saturated carbocycles. The fourth-order valence-electron chi connectivity index (χ4n) is 5.87. The number of halogens is 3. The Morgan fingerprint density at radius 3 is 2.50 bits per heavy atom. The number of hydrogen-bond acceptors (Lipinski definition) is 9. The van der Waals surface area contributed by atoms with Crippen molar-refractivity contribution in [1.29, 1.82) is 0 Å². The van der Waals surface area contributed by atoms with Crippen molar-refractivity contribution < 1.29 is 33.0 Å². The normalized spacial score (nSPS) is 18.3. The zero-order chi connectivity index (χ0) is 35.8. The molecule has 6 rings (SSSR count). The van der Waals surface area contributed by atoms with Gasteiger partial charge in [-0.3, -0.25) is 15.0 Å². The molecular weight excluding hydrogens is 694 g/mol. The van der Waals surface area contributed by atoms with E-state index >= 15 is 4.79 Å². The number of hydrogen-bond donors (Lipinski definition) is 3. The van der Waals surface area contributed by atoms with E-state index < -0.39 is 41.6 Å². The summed E-state index contributed by atoms with van der Waals surface area (Å²) in [6, 6.07) is 10.6. The quantitative estimate of drug-likeness (QED) is 0.160. The first-order chi connectivity index (χ1) is 23.7. The minimum Gasteiger partial charge on any atom is -0.465 e. The van der Waals surface area contributed by atoms with E-state index in [0.29, 0.717) is 42.5 Å². The van der Waals surface area contributed by atoms with Gasteiger partial charge in [0.15, 0.2) is 5.54 Å².